The molecule has 0 saturated carbocycles. The van der Waals surface area contributed by atoms with E-state index >= 15 is 0 Å². The number of hydrogen-bond donors (Lipinski definition) is 1. The Morgan fingerprint density at radius 1 is 0.957 bits per heavy atom. The maximum Gasteiger partial charge on any atom is 0.315 e. The quantitative estimate of drug-likeness (QED) is 0.872. The number of aliphatic carboxylic acids is 1. The molecule has 2 unspecified atom stereocenters. The van der Waals surface area contributed by atoms with Gasteiger partial charge in [-0.05, 0) is 47.7 Å². The van der Waals surface area contributed by atoms with Gasteiger partial charge in [0, 0.05) is 0 Å². The molecule has 120 valence electrons. The van der Waals surface area contributed by atoms with Crippen molar-refractivity contribution in [3.05, 3.63) is 59.7 Å². The molecule has 2 aromatic carbocycles. The number of benzene rings is 2. The zero-order valence-electron chi connectivity index (χ0n) is 13.1. The summed E-state index contributed by atoms with van der Waals surface area (Å²) in [6.45, 7) is 3.35. The van der Waals surface area contributed by atoms with Crippen LogP contribution in [-0.2, 0) is 4.79 Å². The number of hydrogen-bond acceptors (Lipinski definition) is 3. The molecule has 0 aliphatic carbocycles. The fourth-order valence-electron chi connectivity index (χ4n) is 2.69. The molecular weight excluding hydrogens is 292 g/mol. The molecule has 0 fully saturated rings. The Morgan fingerprint density at radius 2 is 1.48 bits per heavy atom. The Hall–Kier alpha value is -2.49. The third-order valence-corrected chi connectivity index (χ3v) is 4.09. The first-order valence-electron chi connectivity index (χ1n) is 7.82. The van der Waals surface area contributed by atoms with E-state index < -0.39 is 11.9 Å². The van der Waals surface area contributed by atoms with Crippen molar-refractivity contribution >= 4 is 5.97 Å². The van der Waals surface area contributed by atoms with Crippen LogP contribution in [0.4, 0.5) is 0 Å². The van der Waals surface area contributed by atoms with E-state index in [4.69, 9.17) is 9.47 Å². The van der Waals surface area contributed by atoms with Crippen molar-refractivity contribution in [1.29, 1.82) is 0 Å². The van der Waals surface area contributed by atoms with E-state index in [-0.39, 0.29) is 0 Å². The van der Waals surface area contributed by atoms with Crippen molar-refractivity contribution in [2.45, 2.75) is 19.3 Å². The van der Waals surface area contributed by atoms with Crippen LogP contribution in [0, 0.1) is 5.92 Å². The number of fused-ring (bicyclic) bond motifs is 2. The number of carbonyl (C=O) groups is 1. The van der Waals surface area contributed by atoms with Crippen LogP contribution < -0.4 is 9.47 Å². The number of carboxylic acid groups (broad SMARTS) is 1. The normalized spacial score (nSPS) is 20.9. The monoisotopic (exact) mass is 312 g/mol. The van der Waals surface area contributed by atoms with E-state index in [9.17, 15) is 9.90 Å². The highest BCUT2D eigenvalue weighted by molar-refractivity contribution is 5.80. The van der Waals surface area contributed by atoms with Crippen molar-refractivity contribution in [2.75, 3.05) is 13.2 Å². The SMILES string of the molecule is CC1CCOc2ccc(cc2)C(C(=O)O)c2ccc(cc2)OC1. The zero-order valence-corrected chi connectivity index (χ0v) is 13.1. The highest BCUT2D eigenvalue weighted by Crippen LogP contribution is 2.28. The Labute approximate surface area is 135 Å². The van der Waals surface area contributed by atoms with Gasteiger partial charge in [-0.1, -0.05) is 31.2 Å². The molecule has 3 aliphatic heterocycles. The van der Waals surface area contributed by atoms with E-state index in [2.05, 4.69) is 6.92 Å². The van der Waals surface area contributed by atoms with Gasteiger partial charge in [-0.3, -0.25) is 4.79 Å². The molecule has 2 aromatic rings. The summed E-state index contributed by atoms with van der Waals surface area (Å²) in [5.74, 6) is 0.337. The summed E-state index contributed by atoms with van der Waals surface area (Å²) in [7, 11) is 0. The molecule has 1 N–H and O–H groups in total. The molecule has 4 bridgehead atoms. The fraction of sp³-hybridized carbons (Fsp3) is 0.316. The second-order valence-electron chi connectivity index (χ2n) is 5.96. The average molecular weight is 312 g/mol. The Bertz CT molecular complexity index is 661. The maximum absolute atomic E-state index is 11.7. The van der Waals surface area contributed by atoms with E-state index in [0.717, 1.165) is 29.0 Å². The van der Waals surface area contributed by atoms with Crippen LogP contribution in [0.5, 0.6) is 11.5 Å². The second-order valence-corrected chi connectivity index (χ2v) is 5.96. The molecule has 0 saturated heterocycles. The molecule has 3 aliphatic rings. The minimum absolute atomic E-state index is 0.380. The molecule has 2 atom stereocenters. The van der Waals surface area contributed by atoms with Crippen LogP contribution >= 0.6 is 0 Å². The van der Waals surface area contributed by atoms with Gasteiger partial charge in [0.05, 0.1) is 13.2 Å². The first kappa shape index (κ1) is 15.4. The van der Waals surface area contributed by atoms with E-state index in [1.807, 2.05) is 48.5 Å². The first-order chi connectivity index (χ1) is 11.1. The third-order valence-electron chi connectivity index (χ3n) is 4.09. The van der Waals surface area contributed by atoms with Crippen LogP contribution in [0.25, 0.3) is 0 Å². The first-order valence-corrected chi connectivity index (χ1v) is 7.82. The van der Waals surface area contributed by atoms with Crippen LogP contribution in [0.2, 0.25) is 0 Å². The summed E-state index contributed by atoms with van der Waals surface area (Å²) in [6.07, 6.45) is 0.900. The summed E-state index contributed by atoms with van der Waals surface area (Å²) >= 11 is 0. The van der Waals surface area contributed by atoms with Gasteiger partial charge in [0.25, 0.3) is 0 Å². The van der Waals surface area contributed by atoms with Gasteiger partial charge in [0.1, 0.15) is 17.4 Å². The lowest BCUT2D eigenvalue weighted by atomic mass is 9.91. The van der Waals surface area contributed by atoms with Crippen LogP contribution in [0.15, 0.2) is 48.5 Å². The van der Waals surface area contributed by atoms with E-state index in [1.165, 1.54) is 0 Å². The molecular formula is C19H20O4. The fourth-order valence-corrected chi connectivity index (χ4v) is 2.69. The van der Waals surface area contributed by atoms with Crippen LogP contribution in [0.1, 0.15) is 30.4 Å². The Kier molecular flexibility index (Phi) is 4.51. The lowest BCUT2D eigenvalue weighted by Gasteiger charge is -2.14. The largest absolute Gasteiger partial charge is 0.494 e. The molecule has 23 heavy (non-hydrogen) atoms. The van der Waals surface area contributed by atoms with Gasteiger partial charge in [0.15, 0.2) is 0 Å². The molecule has 0 spiro atoms. The number of ether oxygens (including phenoxy) is 2. The molecule has 0 aromatic heterocycles. The Morgan fingerprint density at radius 3 is 2.00 bits per heavy atom. The lowest BCUT2D eigenvalue weighted by Crippen LogP contribution is -2.13. The van der Waals surface area contributed by atoms with E-state index in [0.29, 0.717) is 19.1 Å². The zero-order chi connectivity index (χ0) is 16.2. The van der Waals surface area contributed by atoms with Gasteiger partial charge >= 0.3 is 5.97 Å². The topological polar surface area (TPSA) is 55.8 Å². The van der Waals surface area contributed by atoms with E-state index in [1.54, 1.807) is 0 Å². The molecule has 0 radical (unpaired) electrons. The minimum Gasteiger partial charge on any atom is -0.494 e. The molecule has 4 heteroatoms. The molecule has 0 amide bonds. The highest BCUT2D eigenvalue weighted by atomic mass is 16.5. The van der Waals surface area contributed by atoms with Crippen molar-refractivity contribution in [1.82, 2.24) is 0 Å². The van der Waals surface area contributed by atoms with Gasteiger partial charge in [-0.25, -0.2) is 0 Å². The summed E-state index contributed by atoms with van der Waals surface area (Å²) in [4.78, 5) is 11.7. The molecule has 5 rings (SSSR count). The van der Waals surface area contributed by atoms with Crippen molar-refractivity contribution in [3.8, 4) is 11.5 Å². The molecule has 4 nitrogen and oxygen atoms in total. The average Bonchev–Trinajstić information content (AvgIpc) is 2.56. The van der Waals surface area contributed by atoms with Crippen LogP contribution in [0.3, 0.4) is 0 Å². The number of carboxylic acids is 1. The molecule has 3 heterocycles. The standard InChI is InChI=1S/C19H20O4/c1-13-10-11-22-16-6-2-14(3-7-16)18(19(20)21)15-4-8-17(9-5-15)23-12-13/h2-9,13,18H,10-12H2,1H3,(H,20,21). The third kappa shape index (κ3) is 3.65. The lowest BCUT2D eigenvalue weighted by molar-refractivity contribution is -0.137. The van der Waals surface area contributed by atoms with Gasteiger partial charge in [0.2, 0.25) is 0 Å². The van der Waals surface area contributed by atoms with Crippen molar-refractivity contribution in [3.63, 3.8) is 0 Å². The van der Waals surface area contributed by atoms with Crippen molar-refractivity contribution in [2.24, 2.45) is 5.92 Å². The van der Waals surface area contributed by atoms with Gasteiger partial charge < -0.3 is 14.6 Å². The van der Waals surface area contributed by atoms with Crippen LogP contribution in [-0.4, -0.2) is 24.3 Å². The minimum atomic E-state index is -0.870. The van der Waals surface area contributed by atoms with Gasteiger partial charge in [-0.2, -0.15) is 0 Å². The summed E-state index contributed by atoms with van der Waals surface area (Å²) in [5.41, 5.74) is 1.48. The number of rotatable bonds is 1. The highest BCUT2D eigenvalue weighted by Gasteiger charge is 2.22. The van der Waals surface area contributed by atoms with Crippen molar-refractivity contribution < 1.29 is 19.4 Å². The summed E-state index contributed by atoms with van der Waals surface area (Å²) < 4.78 is 11.5. The van der Waals surface area contributed by atoms with Gasteiger partial charge in [-0.15, -0.1) is 0 Å². The Balaban J connectivity index is 1.99. The maximum atomic E-state index is 11.7. The second kappa shape index (κ2) is 6.73. The smallest absolute Gasteiger partial charge is 0.315 e. The predicted octanol–water partition coefficient (Wildman–Crippen LogP) is 3.70. The summed E-state index contributed by atoms with van der Waals surface area (Å²) in [6, 6.07) is 14.6. The summed E-state index contributed by atoms with van der Waals surface area (Å²) in [5, 5.41) is 9.61. The predicted molar refractivity (Wildman–Crippen MR) is 87.1 cm³/mol.